The SMILES string of the molecule is Cc1c(O)cc(CCCCCCCCc2cc(O)c(C)c(O)c2)cc1O. The Morgan fingerprint density at radius 1 is 0.500 bits per heavy atom. The number of hydrogen-bond donors (Lipinski definition) is 4. The van der Waals surface area contributed by atoms with E-state index in [2.05, 4.69) is 0 Å². The summed E-state index contributed by atoms with van der Waals surface area (Å²) in [6, 6.07) is 6.95. The zero-order chi connectivity index (χ0) is 19.1. The van der Waals surface area contributed by atoms with Gasteiger partial charge in [0.1, 0.15) is 23.0 Å². The Labute approximate surface area is 155 Å². The average molecular weight is 358 g/mol. The van der Waals surface area contributed by atoms with Crippen molar-refractivity contribution in [3.05, 3.63) is 46.5 Å². The zero-order valence-electron chi connectivity index (χ0n) is 15.8. The fourth-order valence-electron chi connectivity index (χ4n) is 3.14. The van der Waals surface area contributed by atoms with E-state index in [9.17, 15) is 20.4 Å². The second kappa shape index (κ2) is 9.37. The normalized spacial score (nSPS) is 11.0. The van der Waals surface area contributed by atoms with Gasteiger partial charge in [-0.15, -0.1) is 0 Å². The molecule has 4 heteroatoms. The van der Waals surface area contributed by atoms with Crippen molar-refractivity contribution in [1.29, 1.82) is 0 Å². The van der Waals surface area contributed by atoms with Gasteiger partial charge in [-0.1, -0.05) is 25.7 Å². The number of unbranched alkanes of at least 4 members (excludes halogenated alkanes) is 5. The molecule has 0 saturated heterocycles. The van der Waals surface area contributed by atoms with Crippen molar-refractivity contribution in [3.8, 4) is 23.0 Å². The van der Waals surface area contributed by atoms with Gasteiger partial charge in [-0.25, -0.2) is 0 Å². The summed E-state index contributed by atoms with van der Waals surface area (Å²) in [5.74, 6) is 0.641. The van der Waals surface area contributed by atoms with Gasteiger partial charge in [0.25, 0.3) is 0 Å². The van der Waals surface area contributed by atoms with Crippen molar-refractivity contribution >= 4 is 0 Å². The highest BCUT2D eigenvalue weighted by molar-refractivity contribution is 5.46. The van der Waals surface area contributed by atoms with E-state index >= 15 is 0 Å². The molecular weight excluding hydrogens is 328 g/mol. The van der Waals surface area contributed by atoms with Gasteiger partial charge in [0.2, 0.25) is 0 Å². The largest absolute Gasteiger partial charge is 0.508 e. The molecule has 2 aromatic carbocycles. The summed E-state index contributed by atoms with van der Waals surface area (Å²) in [7, 11) is 0. The zero-order valence-corrected chi connectivity index (χ0v) is 15.8. The van der Waals surface area contributed by atoms with E-state index in [-0.39, 0.29) is 23.0 Å². The molecule has 142 valence electrons. The topological polar surface area (TPSA) is 80.9 Å². The number of aryl methyl sites for hydroxylation is 2. The highest BCUT2D eigenvalue weighted by Crippen LogP contribution is 2.29. The molecule has 0 aliphatic rings. The molecule has 0 saturated carbocycles. The Morgan fingerprint density at radius 3 is 1.08 bits per heavy atom. The fraction of sp³-hybridized carbons (Fsp3) is 0.455. The second-order valence-corrected chi connectivity index (χ2v) is 7.14. The third-order valence-corrected chi connectivity index (χ3v) is 5.01. The van der Waals surface area contributed by atoms with Crippen LogP contribution in [0.5, 0.6) is 23.0 Å². The maximum Gasteiger partial charge on any atom is 0.122 e. The van der Waals surface area contributed by atoms with Crippen molar-refractivity contribution in [2.24, 2.45) is 0 Å². The van der Waals surface area contributed by atoms with Crippen LogP contribution >= 0.6 is 0 Å². The van der Waals surface area contributed by atoms with Crippen LogP contribution in [0.25, 0.3) is 0 Å². The molecule has 0 heterocycles. The van der Waals surface area contributed by atoms with E-state index in [1.165, 1.54) is 0 Å². The lowest BCUT2D eigenvalue weighted by molar-refractivity contribution is 0.440. The molecule has 4 N–H and O–H groups in total. The van der Waals surface area contributed by atoms with Crippen LogP contribution in [0.3, 0.4) is 0 Å². The highest BCUT2D eigenvalue weighted by Gasteiger charge is 2.06. The molecule has 0 amide bonds. The molecular formula is C22H30O4. The van der Waals surface area contributed by atoms with E-state index in [4.69, 9.17) is 0 Å². The molecule has 0 atom stereocenters. The lowest BCUT2D eigenvalue weighted by atomic mass is 10.0. The van der Waals surface area contributed by atoms with E-state index in [1.807, 2.05) is 0 Å². The number of hydrogen-bond acceptors (Lipinski definition) is 4. The Morgan fingerprint density at radius 2 is 0.769 bits per heavy atom. The minimum atomic E-state index is 0.160. The molecule has 2 aromatic rings. The van der Waals surface area contributed by atoms with E-state index in [0.29, 0.717) is 11.1 Å². The van der Waals surface area contributed by atoms with Crippen molar-refractivity contribution < 1.29 is 20.4 Å². The Balaban J connectivity index is 1.60. The molecule has 26 heavy (non-hydrogen) atoms. The molecule has 0 aromatic heterocycles. The number of phenolic OH excluding ortho intramolecular Hbond substituents is 4. The minimum Gasteiger partial charge on any atom is -0.508 e. The van der Waals surface area contributed by atoms with Crippen LogP contribution < -0.4 is 0 Å². The molecule has 0 aliphatic heterocycles. The summed E-state index contributed by atoms with van der Waals surface area (Å²) >= 11 is 0. The predicted molar refractivity (Wildman–Crippen MR) is 104 cm³/mol. The van der Waals surface area contributed by atoms with E-state index < -0.39 is 0 Å². The maximum absolute atomic E-state index is 9.73. The van der Waals surface area contributed by atoms with Crippen LogP contribution in [-0.2, 0) is 12.8 Å². The molecule has 4 nitrogen and oxygen atoms in total. The quantitative estimate of drug-likeness (QED) is 0.461. The van der Waals surface area contributed by atoms with Gasteiger partial charge in [-0.05, 0) is 74.9 Å². The van der Waals surface area contributed by atoms with Gasteiger partial charge in [0, 0.05) is 11.1 Å². The van der Waals surface area contributed by atoms with Crippen LogP contribution in [0.4, 0.5) is 0 Å². The Kier molecular flexibility index (Phi) is 7.19. The summed E-state index contributed by atoms with van der Waals surface area (Å²) in [6.07, 6.45) is 8.39. The number of benzene rings is 2. The average Bonchev–Trinajstić information content (AvgIpc) is 2.59. The van der Waals surface area contributed by atoms with Crippen LogP contribution in [0.1, 0.15) is 60.8 Å². The second-order valence-electron chi connectivity index (χ2n) is 7.14. The van der Waals surface area contributed by atoms with Crippen LogP contribution in [0.15, 0.2) is 24.3 Å². The lowest BCUT2D eigenvalue weighted by Crippen LogP contribution is -1.90. The summed E-state index contributed by atoms with van der Waals surface area (Å²) in [6.45, 7) is 3.40. The third-order valence-electron chi connectivity index (χ3n) is 5.01. The van der Waals surface area contributed by atoms with Crippen LogP contribution in [0.2, 0.25) is 0 Å². The van der Waals surface area contributed by atoms with Gasteiger partial charge in [-0.2, -0.15) is 0 Å². The van der Waals surface area contributed by atoms with Gasteiger partial charge in [0.15, 0.2) is 0 Å². The van der Waals surface area contributed by atoms with Crippen molar-refractivity contribution in [2.45, 2.75) is 65.2 Å². The van der Waals surface area contributed by atoms with Gasteiger partial charge < -0.3 is 20.4 Å². The van der Waals surface area contributed by atoms with E-state index in [1.54, 1.807) is 38.1 Å². The third kappa shape index (κ3) is 5.58. The molecule has 0 fully saturated rings. The first-order chi connectivity index (χ1) is 12.4. The van der Waals surface area contributed by atoms with Crippen molar-refractivity contribution in [2.75, 3.05) is 0 Å². The first-order valence-electron chi connectivity index (χ1n) is 9.41. The van der Waals surface area contributed by atoms with Crippen molar-refractivity contribution in [3.63, 3.8) is 0 Å². The minimum absolute atomic E-state index is 0.160. The van der Waals surface area contributed by atoms with Crippen LogP contribution in [0, 0.1) is 13.8 Å². The monoisotopic (exact) mass is 358 g/mol. The summed E-state index contributed by atoms with van der Waals surface area (Å²) in [5.41, 5.74) is 3.02. The Hall–Kier alpha value is -2.36. The molecule has 0 spiro atoms. The molecule has 0 bridgehead atoms. The van der Waals surface area contributed by atoms with Gasteiger partial charge in [0.05, 0.1) is 0 Å². The smallest absolute Gasteiger partial charge is 0.122 e. The lowest BCUT2D eigenvalue weighted by Gasteiger charge is -2.08. The number of phenols is 4. The first-order valence-corrected chi connectivity index (χ1v) is 9.41. The predicted octanol–water partition coefficient (Wildman–Crippen LogP) is 5.25. The molecule has 0 radical (unpaired) electrons. The standard InChI is InChI=1S/C22H30O4/c1-15-19(23)11-17(12-20(15)24)9-7-5-3-4-6-8-10-18-13-21(25)16(2)22(26)14-18/h11-14,23-26H,3-10H2,1-2H3. The molecule has 0 aliphatic carbocycles. The van der Waals surface area contributed by atoms with Gasteiger partial charge in [-0.3, -0.25) is 0 Å². The maximum atomic E-state index is 9.73. The molecule has 0 unspecified atom stereocenters. The Bertz CT molecular complexity index is 627. The molecule has 2 rings (SSSR count). The summed E-state index contributed by atoms with van der Waals surface area (Å²) < 4.78 is 0. The van der Waals surface area contributed by atoms with Gasteiger partial charge >= 0.3 is 0 Å². The summed E-state index contributed by atoms with van der Waals surface area (Å²) in [5, 5.41) is 38.9. The van der Waals surface area contributed by atoms with Crippen molar-refractivity contribution in [1.82, 2.24) is 0 Å². The number of aromatic hydroxyl groups is 4. The number of rotatable bonds is 9. The van der Waals surface area contributed by atoms with E-state index in [0.717, 1.165) is 62.5 Å². The fourth-order valence-corrected chi connectivity index (χ4v) is 3.14. The first kappa shape index (κ1) is 20.0. The summed E-state index contributed by atoms with van der Waals surface area (Å²) in [4.78, 5) is 0. The highest BCUT2D eigenvalue weighted by atomic mass is 16.3. The van der Waals surface area contributed by atoms with Crippen LogP contribution in [-0.4, -0.2) is 20.4 Å².